The number of aromatic nitrogens is 1. The van der Waals surface area contributed by atoms with Crippen molar-refractivity contribution in [1.82, 2.24) is 15.6 Å². The molecule has 1 saturated heterocycles. The number of methoxy groups -OCH3 is 1. The number of carbonyl (C=O) groups is 1. The van der Waals surface area contributed by atoms with Crippen LogP contribution in [0.2, 0.25) is 0 Å². The van der Waals surface area contributed by atoms with E-state index in [9.17, 15) is 18.0 Å². The molecule has 0 spiro atoms. The lowest BCUT2D eigenvalue weighted by Crippen LogP contribution is -2.47. The summed E-state index contributed by atoms with van der Waals surface area (Å²) >= 11 is 0. The van der Waals surface area contributed by atoms with Crippen LogP contribution in [0.15, 0.2) is 18.3 Å². The highest BCUT2D eigenvalue weighted by Gasteiger charge is 2.34. The van der Waals surface area contributed by atoms with Crippen molar-refractivity contribution in [2.45, 2.75) is 19.0 Å². The summed E-state index contributed by atoms with van der Waals surface area (Å²) in [5, 5.41) is 6.04. The number of pyridine rings is 1. The van der Waals surface area contributed by atoms with Crippen molar-refractivity contribution in [3.63, 3.8) is 0 Å². The van der Waals surface area contributed by atoms with Gasteiger partial charge in [-0.15, -0.1) is 0 Å². The Balaban J connectivity index is 1.98. The maximum absolute atomic E-state index is 12.5. The van der Waals surface area contributed by atoms with Crippen molar-refractivity contribution < 1.29 is 22.7 Å². The van der Waals surface area contributed by atoms with E-state index < -0.39 is 17.8 Å². The van der Waals surface area contributed by atoms with Gasteiger partial charge in [0.2, 0.25) is 0 Å². The molecule has 0 radical (unpaired) electrons. The van der Waals surface area contributed by atoms with Crippen LogP contribution in [0.25, 0.3) is 0 Å². The highest BCUT2D eigenvalue weighted by atomic mass is 19.4. The van der Waals surface area contributed by atoms with E-state index in [0.717, 1.165) is 44.3 Å². The van der Waals surface area contributed by atoms with Gasteiger partial charge in [-0.1, -0.05) is 0 Å². The van der Waals surface area contributed by atoms with Crippen molar-refractivity contribution in [1.29, 1.82) is 0 Å². The number of ether oxygens (including phenoxy) is 1. The molecule has 0 unspecified atom stereocenters. The Morgan fingerprint density at radius 1 is 1.39 bits per heavy atom. The Kier molecular flexibility index (Phi) is 5.59. The van der Waals surface area contributed by atoms with Crippen LogP contribution in [0.4, 0.5) is 13.2 Å². The van der Waals surface area contributed by atoms with Gasteiger partial charge in [0, 0.05) is 25.3 Å². The molecule has 2 heterocycles. The number of nitrogens with one attached hydrogen (secondary N) is 2. The molecule has 1 amide bonds. The standard InChI is InChI=1S/C15H20F3N3O2/c1-23-10-14(4-6-19-7-5-14)9-21-13(22)11-2-3-12(20-8-11)15(16,17)18/h2-3,8,19H,4-7,9-10H2,1H3,(H,21,22). The first-order valence-electron chi connectivity index (χ1n) is 7.37. The minimum atomic E-state index is -4.51. The van der Waals surface area contributed by atoms with E-state index in [1.807, 2.05) is 0 Å². The fourth-order valence-corrected chi connectivity index (χ4v) is 2.70. The minimum absolute atomic E-state index is 0.111. The fraction of sp³-hybridized carbons (Fsp3) is 0.600. The fourth-order valence-electron chi connectivity index (χ4n) is 2.70. The molecule has 1 aliphatic heterocycles. The molecule has 0 atom stereocenters. The first kappa shape index (κ1) is 17.7. The largest absolute Gasteiger partial charge is 0.433 e. The summed E-state index contributed by atoms with van der Waals surface area (Å²) in [5.41, 5.74) is -1.04. The predicted octanol–water partition coefficient (Wildman–Crippen LogP) is 1.85. The van der Waals surface area contributed by atoms with Crippen LogP contribution in [0, 0.1) is 5.41 Å². The number of carbonyl (C=O) groups excluding carboxylic acids is 1. The quantitative estimate of drug-likeness (QED) is 0.864. The van der Waals surface area contributed by atoms with Gasteiger partial charge in [0.1, 0.15) is 5.69 Å². The zero-order valence-corrected chi connectivity index (χ0v) is 12.9. The molecule has 1 aromatic heterocycles. The number of rotatable bonds is 5. The third kappa shape index (κ3) is 4.65. The molecule has 128 valence electrons. The third-order valence-electron chi connectivity index (χ3n) is 4.05. The Morgan fingerprint density at radius 2 is 2.09 bits per heavy atom. The monoisotopic (exact) mass is 331 g/mol. The Morgan fingerprint density at radius 3 is 2.61 bits per heavy atom. The lowest BCUT2D eigenvalue weighted by molar-refractivity contribution is -0.141. The first-order valence-corrected chi connectivity index (χ1v) is 7.37. The highest BCUT2D eigenvalue weighted by Crippen LogP contribution is 2.29. The molecule has 0 bridgehead atoms. The number of piperidine rings is 1. The van der Waals surface area contributed by atoms with Gasteiger partial charge in [0.05, 0.1) is 12.2 Å². The van der Waals surface area contributed by atoms with Crippen LogP contribution in [-0.4, -0.2) is 44.2 Å². The second-order valence-electron chi connectivity index (χ2n) is 5.80. The molecule has 1 fully saturated rings. The van der Waals surface area contributed by atoms with Crippen LogP contribution in [0.1, 0.15) is 28.9 Å². The molecule has 8 heteroatoms. The minimum Gasteiger partial charge on any atom is -0.384 e. The molecule has 0 saturated carbocycles. The summed E-state index contributed by atoms with van der Waals surface area (Å²) in [6, 6.07) is 1.95. The molecule has 2 N–H and O–H groups in total. The van der Waals surface area contributed by atoms with E-state index in [2.05, 4.69) is 15.6 Å². The zero-order chi connectivity index (χ0) is 16.9. The van der Waals surface area contributed by atoms with Gasteiger partial charge >= 0.3 is 6.18 Å². The average Bonchev–Trinajstić information content (AvgIpc) is 2.53. The smallest absolute Gasteiger partial charge is 0.384 e. The van der Waals surface area contributed by atoms with E-state index in [4.69, 9.17) is 4.74 Å². The van der Waals surface area contributed by atoms with Crippen LogP contribution in [-0.2, 0) is 10.9 Å². The normalized spacial score (nSPS) is 17.7. The number of amides is 1. The molecule has 1 aromatic rings. The topological polar surface area (TPSA) is 63.2 Å². The van der Waals surface area contributed by atoms with Crippen molar-refractivity contribution in [2.75, 3.05) is 33.4 Å². The van der Waals surface area contributed by atoms with Crippen molar-refractivity contribution in [2.24, 2.45) is 5.41 Å². The maximum atomic E-state index is 12.5. The second-order valence-corrected chi connectivity index (χ2v) is 5.80. The molecule has 1 aliphatic rings. The number of hydrogen-bond donors (Lipinski definition) is 2. The van der Waals surface area contributed by atoms with Crippen molar-refractivity contribution in [3.05, 3.63) is 29.6 Å². The number of hydrogen-bond acceptors (Lipinski definition) is 4. The van der Waals surface area contributed by atoms with E-state index in [1.165, 1.54) is 0 Å². The van der Waals surface area contributed by atoms with Gasteiger partial charge in [-0.3, -0.25) is 9.78 Å². The molecule has 2 rings (SSSR count). The zero-order valence-electron chi connectivity index (χ0n) is 12.9. The lowest BCUT2D eigenvalue weighted by Gasteiger charge is -2.37. The lowest BCUT2D eigenvalue weighted by atomic mass is 9.79. The summed E-state index contributed by atoms with van der Waals surface area (Å²) in [5.74, 6) is -0.430. The van der Waals surface area contributed by atoms with E-state index in [1.54, 1.807) is 7.11 Å². The Labute approximate surface area is 132 Å². The first-order chi connectivity index (χ1) is 10.9. The van der Waals surface area contributed by atoms with Crippen LogP contribution in [0.5, 0.6) is 0 Å². The molecular weight excluding hydrogens is 311 g/mol. The number of alkyl halides is 3. The van der Waals surface area contributed by atoms with E-state index in [0.29, 0.717) is 13.2 Å². The van der Waals surface area contributed by atoms with Gasteiger partial charge in [-0.25, -0.2) is 0 Å². The second kappa shape index (κ2) is 7.27. The van der Waals surface area contributed by atoms with Gasteiger partial charge in [0.15, 0.2) is 0 Å². The van der Waals surface area contributed by atoms with Gasteiger partial charge in [-0.2, -0.15) is 13.2 Å². The van der Waals surface area contributed by atoms with Crippen LogP contribution >= 0.6 is 0 Å². The number of nitrogens with zero attached hydrogens (tertiary/aromatic N) is 1. The summed E-state index contributed by atoms with van der Waals surface area (Å²) in [4.78, 5) is 15.4. The van der Waals surface area contributed by atoms with Gasteiger partial charge in [0.25, 0.3) is 5.91 Å². The molecule has 5 nitrogen and oxygen atoms in total. The predicted molar refractivity (Wildman–Crippen MR) is 78.0 cm³/mol. The Bertz CT molecular complexity index is 520. The summed E-state index contributed by atoms with van der Waals surface area (Å²) in [7, 11) is 1.62. The molecule has 0 aromatic carbocycles. The van der Waals surface area contributed by atoms with Crippen LogP contribution in [0.3, 0.4) is 0 Å². The Hall–Kier alpha value is -1.67. The summed E-state index contributed by atoms with van der Waals surface area (Å²) in [6.45, 7) is 2.64. The van der Waals surface area contributed by atoms with Crippen molar-refractivity contribution >= 4 is 5.91 Å². The maximum Gasteiger partial charge on any atom is 0.433 e. The average molecular weight is 331 g/mol. The highest BCUT2D eigenvalue weighted by molar-refractivity contribution is 5.93. The van der Waals surface area contributed by atoms with Crippen molar-refractivity contribution in [3.8, 4) is 0 Å². The van der Waals surface area contributed by atoms with Gasteiger partial charge < -0.3 is 15.4 Å². The number of halogens is 3. The van der Waals surface area contributed by atoms with E-state index in [-0.39, 0.29) is 11.0 Å². The third-order valence-corrected chi connectivity index (χ3v) is 4.05. The summed E-state index contributed by atoms with van der Waals surface area (Å²) in [6.07, 6.45) is -1.82. The van der Waals surface area contributed by atoms with E-state index >= 15 is 0 Å². The molecule has 0 aliphatic carbocycles. The van der Waals surface area contributed by atoms with Gasteiger partial charge in [-0.05, 0) is 38.1 Å². The SMILES string of the molecule is COCC1(CNC(=O)c2ccc(C(F)(F)F)nc2)CCNCC1. The molecule has 23 heavy (non-hydrogen) atoms. The van der Waals surface area contributed by atoms with Crippen LogP contribution < -0.4 is 10.6 Å². The molecular formula is C15H20F3N3O2. The summed E-state index contributed by atoms with van der Waals surface area (Å²) < 4.78 is 42.7.